The molecule has 0 radical (unpaired) electrons. The number of terminal acetylenes is 1. The minimum absolute atomic E-state index is 0.0206. The summed E-state index contributed by atoms with van der Waals surface area (Å²) < 4.78 is 10.1. The van der Waals surface area contributed by atoms with Crippen LogP contribution in [0.4, 0.5) is 0 Å². The van der Waals surface area contributed by atoms with Crippen molar-refractivity contribution in [1.82, 2.24) is 9.88 Å². The normalized spacial score (nSPS) is 14.8. The van der Waals surface area contributed by atoms with E-state index in [2.05, 4.69) is 10.9 Å². The molecule has 2 aromatic rings. The molecule has 1 aromatic heterocycles. The van der Waals surface area contributed by atoms with E-state index in [9.17, 15) is 9.59 Å². The van der Waals surface area contributed by atoms with Crippen LogP contribution in [0.2, 0.25) is 0 Å². The molecule has 0 bridgehead atoms. The van der Waals surface area contributed by atoms with Crippen LogP contribution in [0, 0.1) is 12.3 Å². The van der Waals surface area contributed by atoms with Gasteiger partial charge in [0.25, 0.3) is 5.91 Å². The van der Waals surface area contributed by atoms with Gasteiger partial charge in [-0.15, -0.1) is 6.42 Å². The van der Waals surface area contributed by atoms with E-state index in [1.807, 2.05) is 0 Å². The maximum absolute atomic E-state index is 12.6. The van der Waals surface area contributed by atoms with E-state index in [1.165, 1.54) is 13.5 Å². The van der Waals surface area contributed by atoms with Crippen molar-refractivity contribution in [2.75, 3.05) is 20.2 Å². The van der Waals surface area contributed by atoms with Crippen molar-refractivity contribution in [3.63, 3.8) is 0 Å². The number of esters is 1. The molecule has 1 aliphatic rings. The number of hydrogen-bond donors (Lipinski definition) is 0. The Hall–Kier alpha value is -3.07. The minimum Gasteiger partial charge on any atom is -0.464 e. The van der Waals surface area contributed by atoms with Crippen molar-refractivity contribution in [2.45, 2.75) is 18.8 Å². The predicted molar refractivity (Wildman–Crippen MR) is 90.1 cm³/mol. The number of piperidine rings is 1. The minimum atomic E-state index is -0.504. The van der Waals surface area contributed by atoms with Crippen molar-refractivity contribution < 1.29 is 18.7 Å². The van der Waals surface area contributed by atoms with Crippen molar-refractivity contribution >= 4 is 11.9 Å². The highest BCUT2D eigenvalue weighted by Crippen LogP contribution is 2.31. The number of likely N-dealkylation sites (tertiary alicyclic amines) is 1. The zero-order chi connectivity index (χ0) is 17.8. The van der Waals surface area contributed by atoms with Gasteiger partial charge in [0.05, 0.1) is 7.11 Å². The fraction of sp³-hybridized carbons (Fsp3) is 0.316. The topological polar surface area (TPSA) is 72.6 Å². The molecule has 0 unspecified atom stereocenters. The summed E-state index contributed by atoms with van der Waals surface area (Å²) in [5, 5.41) is 0. The lowest BCUT2D eigenvalue weighted by molar-refractivity contribution is 0.0586. The molecule has 1 amide bonds. The quantitative estimate of drug-likeness (QED) is 0.635. The maximum Gasteiger partial charge on any atom is 0.360 e. The number of rotatable bonds is 3. The average Bonchev–Trinajstić information content (AvgIpc) is 3.17. The first kappa shape index (κ1) is 16.8. The third-order valence-corrected chi connectivity index (χ3v) is 4.43. The molecule has 0 spiro atoms. The highest BCUT2D eigenvalue weighted by atomic mass is 16.5. The third-order valence-electron chi connectivity index (χ3n) is 4.43. The zero-order valence-electron chi connectivity index (χ0n) is 13.9. The molecule has 0 atom stereocenters. The van der Waals surface area contributed by atoms with Gasteiger partial charge in [-0.05, 0) is 37.1 Å². The van der Waals surface area contributed by atoms with E-state index in [1.54, 1.807) is 29.2 Å². The largest absolute Gasteiger partial charge is 0.464 e. The number of hydrogen-bond acceptors (Lipinski definition) is 5. The van der Waals surface area contributed by atoms with Crippen LogP contribution in [-0.4, -0.2) is 42.0 Å². The number of benzene rings is 1. The molecule has 1 aromatic carbocycles. The van der Waals surface area contributed by atoms with E-state index in [0.29, 0.717) is 37.3 Å². The smallest absolute Gasteiger partial charge is 0.360 e. The SMILES string of the molecule is C#Cc1ccc(C(=O)N2CCC(c3ocnc3C(=O)OC)CC2)cc1. The number of carbonyl (C=O) groups excluding carboxylic acids is 2. The first-order valence-electron chi connectivity index (χ1n) is 8.01. The highest BCUT2D eigenvalue weighted by Gasteiger charge is 2.30. The van der Waals surface area contributed by atoms with Gasteiger partial charge >= 0.3 is 5.97 Å². The Morgan fingerprint density at radius 3 is 2.56 bits per heavy atom. The van der Waals surface area contributed by atoms with Gasteiger partial charge in [-0.2, -0.15) is 0 Å². The standard InChI is InChI=1S/C19H18N2O4/c1-3-13-4-6-15(7-5-13)18(22)21-10-8-14(9-11-21)17-16(19(23)24-2)20-12-25-17/h1,4-7,12,14H,8-11H2,2H3. The molecule has 6 heteroatoms. The molecule has 128 valence electrons. The van der Waals surface area contributed by atoms with Gasteiger partial charge in [-0.1, -0.05) is 5.92 Å². The second-order valence-electron chi connectivity index (χ2n) is 5.84. The van der Waals surface area contributed by atoms with E-state index in [0.717, 1.165) is 5.56 Å². The number of methoxy groups -OCH3 is 1. The van der Waals surface area contributed by atoms with E-state index >= 15 is 0 Å². The van der Waals surface area contributed by atoms with Crippen molar-refractivity contribution in [3.8, 4) is 12.3 Å². The van der Waals surface area contributed by atoms with Crippen molar-refractivity contribution in [2.24, 2.45) is 0 Å². The summed E-state index contributed by atoms with van der Waals surface area (Å²) in [4.78, 5) is 30.0. The molecule has 2 heterocycles. The van der Waals surface area contributed by atoms with Gasteiger partial charge in [-0.25, -0.2) is 9.78 Å². The number of amides is 1. The Morgan fingerprint density at radius 1 is 1.28 bits per heavy atom. The van der Waals surface area contributed by atoms with Crippen LogP contribution >= 0.6 is 0 Å². The fourth-order valence-electron chi connectivity index (χ4n) is 3.03. The summed E-state index contributed by atoms with van der Waals surface area (Å²) in [6.07, 6.45) is 7.99. The van der Waals surface area contributed by atoms with E-state index in [-0.39, 0.29) is 17.5 Å². The lowest BCUT2D eigenvalue weighted by atomic mass is 9.92. The number of aromatic nitrogens is 1. The zero-order valence-corrected chi connectivity index (χ0v) is 13.9. The Kier molecular flexibility index (Phi) is 4.85. The molecule has 1 aliphatic heterocycles. The molecular formula is C19H18N2O4. The Morgan fingerprint density at radius 2 is 1.96 bits per heavy atom. The van der Waals surface area contributed by atoms with Crippen LogP contribution in [0.3, 0.4) is 0 Å². The summed E-state index contributed by atoms with van der Waals surface area (Å²) in [6.45, 7) is 1.17. The van der Waals surface area contributed by atoms with Gasteiger partial charge in [0.2, 0.25) is 0 Å². The van der Waals surface area contributed by atoms with Gasteiger partial charge in [-0.3, -0.25) is 4.79 Å². The summed E-state index contributed by atoms with van der Waals surface area (Å²) in [7, 11) is 1.31. The summed E-state index contributed by atoms with van der Waals surface area (Å²) in [5.41, 5.74) is 1.58. The second-order valence-corrected chi connectivity index (χ2v) is 5.84. The van der Waals surface area contributed by atoms with Crippen LogP contribution in [0.25, 0.3) is 0 Å². The lowest BCUT2D eigenvalue weighted by Gasteiger charge is -2.31. The summed E-state index contributed by atoms with van der Waals surface area (Å²) >= 11 is 0. The Labute approximate surface area is 145 Å². The summed E-state index contributed by atoms with van der Waals surface area (Å²) in [6, 6.07) is 7.01. The molecule has 25 heavy (non-hydrogen) atoms. The molecule has 1 fully saturated rings. The Bertz CT molecular complexity index is 809. The predicted octanol–water partition coefficient (Wildman–Crippen LogP) is 2.46. The van der Waals surface area contributed by atoms with Gasteiger partial charge in [0.1, 0.15) is 5.76 Å². The number of carbonyl (C=O) groups is 2. The van der Waals surface area contributed by atoms with Crippen molar-refractivity contribution in [1.29, 1.82) is 0 Å². The summed E-state index contributed by atoms with van der Waals surface area (Å²) in [5.74, 6) is 2.59. The average molecular weight is 338 g/mol. The fourth-order valence-corrected chi connectivity index (χ4v) is 3.03. The number of ether oxygens (including phenoxy) is 1. The molecule has 0 saturated carbocycles. The van der Waals surface area contributed by atoms with Crippen molar-refractivity contribution in [3.05, 3.63) is 53.2 Å². The van der Waals surface area contributed by atoms with Gasteiger partial charge in [0, 0.05) is 30.1 Å². The third kappa shape index (κ3) is 3.41. The molecule has 3 rings (SSSR count). The molecular weight excluding hydrogens is 320 g/mol. The lowest BCUT2D eigenvalue weighted by Crippen LogP contribution is -2.38. The van der Waals surface area contributed by atoms with Crippen LogP contribution in [-0.2, 0) is 4.74 Å². The number of oxazole rings is 1. The number of nitrogens with zero attached hydrogens (tertiary/aromatic N) is 2. The second kappa shape index (κ2) is 7.22. The molecule has 0 N–H and O–H groups in total. The highest BCUT2D eigenvalue weighted by molar-refractivity contribution is 5.94. The Balaban J connectivity index is 1.65. The molecule has 6 nitrogen and oxygen atoms in total. The van der Waals surface area contributed by atoms with Crippen LogP contribution in [0.15, 0.2) is 35.1 Å². The van der Waals surface area contributed by atoms with E-state index < -0.39 is 5.97 Å². The van der Waals surface area contributed by atoms with Crippen LogP contribution in [0.1, 0.15) is 50.9 Å². The van der Waals surface area contributed by atoms with Gasteiger partial charge in [0.15, 0.2) is 12.1 Å². The maximum atomic E-state index is 12.6. The molecule has 1 saturated heterocycles. The monoisotopic (exact) mass is 338 g/mol. The van der Waals surface area contributed by atoms with Gasteiger partial charge < -0.3 is 14.1 Å². The van der Waals surface area contributed by atoms with Crippen LogP contribution < -0.4 is 0 Å². The first-order chi connectivity index (χ1) is 12.1. The van der Waals surface area contributed by atoms with Crippen LogP contribution in [0.5, 0.6) is 0 Å². The first-order valence-corrected chi connectivity index (χ1v) is 8.01. The van der Waals surface area contributed by atoms with E-state index in [4.69, 9.17) is 15.6 Å². The molecule has 0 aliphatic carbocycles.